The molecule has 0 heterocycles. The van der Waals surface area contributed by atoms with Crippen LogP contribution < -0.4 is 0 Å². The number of unbranched alkanes of at least 4 members (excludes halogenated alkanes) is 26. The van der Waals surface area contributed by atoms with Crippen LogP contribution in [0.3, 0.4) is 0 Å². The van der Waals surface area contributed by atoms with Crippen molar-refractivity contribution < 1.29 is 52.2 Å². The van der Waals surface area contributed by atoms with Gasteiger partial charge in [-0.3, -0.25) is 23.4 Å². The predicted octanol–water partition coefficient (Wildman–Crippen LogP) is 17.7. The van der Waals surface area contributed by atoms with Crippen molar-refractivity contribution in [1.82, 2.24) is 0 Å². The number of phosphoric acid groups is 1. The summed E-state index contributed by atoms with van der Waals surface area (Å²) in [6.07, 6.45) is 63.0. The monoisotopic (exact) mass is 1060 g/mol. The number of hydrogen-bond donors (Lipinski definition) is 2. The predicted molar refractivity (Wildman–Crippen MR) is 307 cm³/mol. The van der Waals surface area contributed by atoms with Crippen molar-refractivity contribution in [1.29, 1.82) is 0 Å². The molecule has 0 aliphatic rings. The number of ether oxygens (including phenoxy) is 3. The Morgan fingerprint density at radius 2 is 0.730 bits per heavy atom. The van der Waals surface area contributed by atoms with E-state index < -0.39 is 57.8 Å². The normalized spacial score (nSPS) is 13.9. The first-order valence-corrected chi connectivity index (χ1v) is 31.3. The summed E-state index contributed by atoms with van der Waals surface area (Å²) in [5.41, 5.74) is 0. The lowest BCUT2D eigenvalue weighted by Crippen LogP contribution is -2.30. The zero-order valence-corrected chi connectivity index (χ0v) is 48.2. The second kappa shape index (κ2) is 56.1. The van der Waals surface area contributed by atoms with Gasteiger partial charge >= 0.3 is 25.7 Å². The highest BCUT2D eigenvalue weighted by molar-refractivity contribution is 7.47. The summed E-state index contributed by atoms with van der Waals surface area (Å²) in [5.74, 6) is -1.56. The lowest BCUT2D eigenvalue weighted by atomic mass is 10.0. The molecule has 12 heteroatoms. The van der Waals surface area contributed by atoms with Gasteiger partial charge in [-0.2, -0.15) is 0 Å². The van der Waals surface area contributed by atoms with Gasteiger partial charge in [-0.05, 0) is 77.0 Å². The van der Waals surface area contributed by atoms with Gasteiger partial charge in [-0.1, -0.05) is 241 Å². The van der Waals surface area contributed by atoms with Crippen LogP contribution in [0, 0.1) is 0 Å². The van der Waals surface area contributed by atoms with Crippen LogP contribution in [-0.2, 0) is 42.2 Å². The third-order valence-corrected chi connectivity index (χ3v) is 13.6. The highest BCUT2D eigenvalue weighted by Gasteiger charge is 2.28. The highest BCUT2D eigenvalue weighted by Crippen LogP contribution is 2.43. The van der Waals surface area contributed by atoms with Gasteiger partial charge in [0.2, 0.25) is 0 Å². The zero-order chi connectivity index (χ0) is 54.1. The quantitative estimate of drug-likeness (QED) is 0.0197. The van der Waals surface area contributed by atoms with Crippen molar-refractivity contribution in [3.8, 4) is 0 Å². The number of rotatable bonds is 55. The van der Waals surface area contributed by atoms with Crippen LogP contribution in [-0.4, -0.2) is 66.5 Å². The Morgan fingerprint density at radius 1 is 0.392 bits per heavy atom. The molecule has 0 saturated carbocycles. The van der Waals surface area contributed by atoms with E-state index in [9.17, 15) is 28.9 Å². The lowest BCUT2D eigenvalue weighted by Gasteiger charge is -2.21. The lowest BCUT2D eigenvalue weighted by molar-refractivity contribution is -0.161. The molecule has 0 saturated heterocycles. The van der Waals surface area contributed by atoms with Gasteiger partial charge in [-0.15, -0.1) is 0 Å². The summed E-state index contributed by atoms with van der Waals surface area (Å²) in [4.78, 5) is 48.5. The Hall–Kier alpha value is -3.08. The number of aliphatic hydroxyl groups is 1. The summed E-state index contributed by atoms with van der Waals surface area (Å²) in [5, 5.41) is 9.82. The Labute approximate surface area is 452 Å². The van der Waals surface area contributed by atoms with Gasteiger partial charge in [0.05, 0.1) is 19.8 Å². The molecule has 0 bridgehead atoms. The average Bonchev–Trinajstić information content (AvgIpc) is 3.39. The average molecular weight is 1060 g/mol. The minimum atomic E-state index is -4.76. The molecule has 0 radical (unpaired) electrons. The first kappa shape index (κ1) is 70.9. The Bertz CT molecular complexity index is 1520. The van der Waals surface area contributed by atoms with Gasteiger partial charge in [-0.25, -0.2) is 4.57 Å². The van der Waals surface area contributed by atoms with Crippen LogP contribution in [0.15, 0.2) is 72.9 Å². The van der Waals surface area contributed by atoms with E-state index in [-0.39, 0.29) is 25.9 Å². The Morgan fingerprint density at radius 3 is 1.16 bits per heavy atom. The molecule has 0 aromatic heterocycles. The summed E-state index contributed by atoms with van der Waals surface area (Å²) >= 11 is 0. The molecule has 0 amide bonds. The molecule has 0 aliphatic carbocycles. The molecule has 3 atom stereocenters. The molecule has 0 aliphatic heterocycles. The summed E-state index contributed by atoms with van der Waals surface area (Å²) in [6.45, 7) is 4.45. The van der Waals surface area contributed by atoms with E-state index in [1.165, 1.54) is 128 Å². The SMILES string of the molecule is CC/C=C\C/C=C\C/C=C\C/C=C\CCC(=O)OCC(COP(=O)(O)OCC(CO)OC(=O)CCCCCCCCCCCCCCCCC)OC(=O)CCCCCCCCCCC/C=C\C/C=C\CCCCC. The largest absolute Gasteiger partial charge is 0.472 e. The molecule has 428 valence electrons. The summed E-state index contributed by atoms with van der Waals surface area (Å²) in [6, 6.07) is 0. The standard InChI is InChI=1S/C62H109O11P/c1-4-7-10-13-16-19-22-25-27-28-29-30-32-35-38-41-44-47-50-53-62(66)73-59(55-69-60(64)51-48-45-42-39-36-33-24-21-18-15-12-9-6-3)57-71-74(67,68)70-56-58(54-63)72-61(65)52-49-46-43-40-37-34-31-26-23-20-17-14-11-8-5-2/h9,12,16,18-19,21,25,27,33,36,42,45,58-59,63H,4-8,10-11,13-15,17,20,22-24,26,28-32,34-35,37-41,43-44,46-57H2,1-3H3,(H,67,68)/b12-9-,19-16-,21-18-,27-25-,36-33-,45-42-. The molecular weight excluding hydrogens is 952 g/mol. The molecule has 0 spiro atoms. The van der Waals surface area contributed by atoms with Crippen LogP contribution in [0.2, 0.25) is 0 Å². The maximum Gasteiger partial charge on any atom is 0.472 e. The van der Waals surface area contributed by atoms with Crippen molar-refractivity contribution in [2.24, 2.45) is 0 Å². The van der Waals surface area contributed by atoms with Crippen molar-refractivity contribution in [3.05, 3.63) is 72.9 Å². The molecule has 74 heavy (non-hydrogen) atoms. The molecule has 0 fully saturated rings. The first-order valence-electron chi connectivity index (χ1n) is 29.8. The number of phosphoric ester groups is 1. The van der Waals surface area contributed by atoms with E-state index in [2.05, 4.69) is 81.5 Å². The van der Waals surface area contributed by atoms with Gasteiger partial charge in [0, 0.05) is 19.3 Å². The second-order valence-electron chi connectivity index (χ2n) is 19.8. The van der Waals surface area contributed by atoms with E-state index in [0.29, 0.717) is 19.3 Å². The molecule has 11 nitrogen and oxygen atoms in total. The fourth-order valence-corrected chi connectivity index (χ4v) is 8.89. The summed E-state index contributed by atoms with van der Waals surface area (Å²) in [7, 11) is -4.76. The minimum Gasteiger partial charge on any atom is -0.462 e. The fourth-order valence-electron chi connectivity index (χ4n) is 8.11. The van der Waals surface area contributed by atoms with E-state index >= 15 is 0 Å². The molecule has 2 N–H and O–H groups in total. The molecule has 0 rings (SSSR count). The molecule has 0 aromatic rings. The molecule has 3 unspecified atom stereocenters. The first-order chi connectivity index (χ1) is 36.2. The Balaban J connectivity index is 4.74. The number of carbonyl (C=O) groups excluding carboxylic acids is 3. The molecular formula is C62H109O11P. The van der Waals surface area contributed by atoms with E-state index in [0.717, 1.165) is 77.0 Å². The van der Waals surface area contributed by atoms with Gasteiger partial charge < -0.3 is 24.2 Å². The van der Waals surface area contributed by atoms with Crippen molar-refractivity contribution in [2.75, 3.05) is 26.4 Å². The summed E-state index contributed by atoms with van der Waals surface area (Å²) < 4.78 is 39.5. The van der Waals surface area contributed by atoms with Crippen LogP contribution in [0.4, 0.5) is 0 Å². The second-order valence-corrected chi connectivity index (χ2v) is 21.2. The number of hydrogen-bond acceptors (Lipinski definition) is 10. The maximum absolute atomic E-state index is 12.9. The van der Waals surface area contributed by atoms with Gasteiger partial charge in [0.25, 0.3) is 0 Å². The van der Waals surface area contributed by atoms with Gasteiger partial charge in [0.15, 0.2) is 6.10 Å². The number of carbonyl (C=O) groups is 3. The number of aliphatic hydroxyl groups excluding tert-OH is 1. The van der Waals surface area contributed by atoms with Crippen LogP contribution >= 0.6 is 7.82 Å². The van der Waals surface area contributed by atoms with E-state index in [1.807, 2.05) is 12.2 Å². The third-order valence-electron chi connectivity index (χ3n) is 12.6. The third kappa shape index (κ3) is 53.7. The van der Waals surface area contributed by atoms with Crippen molar-refractivity contribution in [2.45, 2.75) is 277 Å². The van der Waals surface area contributed by atoms with Gasteiger partial charge in [0.1, 0.15) is 12.7 Å². The van der Waals surface area contributed by atoms with E-state index in [1.54, 1.807) is 0 Å². The number of esters is 3. The van der Waals surface area contributed by atoms with Crippen molar-refractivity contribution >= 4 is 25.7 Å². The Kier molecular flexibility index (Phi) is 53.8. The smallest absolute Gasteiger partial charge is 0.462 e. The minimum absolute atomic E-state index is 0.104. The topological polar surface area (TPSA) is 155 Å². The van der Waals surface area contributed by atoms with Crippen LogP contribution in [0.5, 0.6) is 0 Å². The fraction of sp³-hybridized carbons (Fsp3) is 0.758. The number of allylic oxidation sites excluding steroid dienone is 12. The highest BCUT2D eigenvalue weighted by atomic mass is 31.2. The van der Waals surface area contributed by atoms with Crippen molar-refractivity contribution in [3.63, 3.8) is 0 Å². The van der Waals surface area contributed by atoms with Crippen LogP contribution in [0.25, 0.3) is 0 Å². The van der Waals surface area contributed by atoms with E-state index in [4.69, 9.17) is 23.3 Å². The maximum atomic E-state index is 12.9. The zero-order valence-electron chi connectivity index (χ0n) is 47.3. The molecule has 0 aromatic carbocycles. The van der Waals surface area contributed by atoms with Crippen LogP contribution in [0.1, 0.15) is 265 Å².